The van der Waals surface area contributed by atoms with Gasteiger partial charge in [0.15, 0.2) is 0 Å². The normalized spacial score (nSPS) is 16.5. The van der Waals surface area contributed by atoms with Crippen molar-refractivity contribution < 1.29 is 13.9 Å². The standard InChI is InChI=1S/C20H24FN3O2/c21-16-8-5-7-15(13-16)14-26-17-9-6-12-23-18(17)20(24-19(22)25)10-3-1-2-4-11-20/h5-9,12-13H,1-4,10-11,14H2,(H3,22,24,25). The average Bonchev–Trinajstić information content (AvgIpc) is 2.86. The molecule has 1 aromatic heterocycles. The number of halogens is 1. The van der Waals surface area contributed by atoms with E-state index < -0.39 is 11.6 Å². The van der Waals surface area contributed by atoms with Crippen LogP contribution in [0.25, 0.3) is 0 Å². The summed E-state index contributed by atoms with van der Waals surface area (Å²) in [5, 5.41) is 2.94. The molecule has 0 unspecified atom stereocenters. The van der Waals surface area contributed by atoms with Crippen LogP contribution in [0.5, 0.6) is 5.75 Å². The molecular formula is C20H24FN3O2. The Balaban J connectivity index is 1.89. The number of ether oxygens (including phenoxy) is 1. The summed E-state index contributed by atoms with van der Waals surface area (Å²) >= 11 is 0. The second kappa shape index (κ2) is 8.17. The third-order valence-electron chi connectivity index (χ3n) is 4.83. The van der Waals surface area contributed by atoms with Gasteiger partial charge < -0.3 is 15.8 Å². The monoisotopic (exact) mass is 357 g/mol. The Bertz CT molecular complexity index is 758. The molecule has 0 aliphatic heterocycles. The molecule has 138 valence electrons. The number of benzene rings is 1. The molecule has 5 nitrogen and oxygen atoms in total. The van der Waals surface area contributed by atoms with Crippen molar-refractivity contribution in [2.45, 2.75) is 50.7 Å². The molecule has 2 aromatic rings. The number of pyridine rings is 1. The molecule has 3 rings (SSSR count). The van der Waals surface area contributed by atoms with Gasteiger partial charge in [-0.3, -0.25) is 4.98 Å². The van der Waals surface area contributed by atoms with Crippen molar-refractivity contribution in [3.63, 3.8) is 0 Å². The van der Waals surface area contributed by atoms with Crippen LogP contribution in [-0.4, -0.2) is 11.0 Å². The molecule has 1 fully saturated rings. The first-order valence-electron chi connectivity index (χ1n) is 8.99. The molecule has 1 saturated carbocycles. The molecule has 1 aliphatic rings. The van der Waals surface area contributed by atoms with Crippen LogP contribution < -0.4 is 15.8 Å². The zero-order valence-electron chi connectivity index (χ0n) is 14.7. The van der Waals surface area contributed by atoms with Crippen molar-refractivity contribution in [3.8, 4) is 5.75 Å². The van der Waals surface area contributed by atoms with Crippen LogP contribution in [0.4, 0.5) is 9.18 Å². The minimum atomic E-state index is -0.624. The lowest BCUT2D eigenvalue weighted by Gasteiger charge is -2.33. The van der Waals surface area contributed by atoms with E-state index in [1.807, 2.05) is 12.1 Å². The number of nitrogens with zero attached hydrogens (tertiary/aromatic N) is 1. The van der Waals surface area contributed by atoms with Gasteiger partial charge in [0.1, 0.15) is 23.9 Å². The molecule has 1 aromatic carbocycles. The van der Waals surface area contributed by atoms with E-state index in [9.17, 15) is 9.18 Å². The van der Waals surface area contributed by atoms with E-state index >= 15 is 0 Å². The maximum atomic E-state index is 13.4. The number of amides is 2. The van der Waals surface area contributed by atoms with Gasteiger partial charge in [-0.1, -0.05) is 37.8 Å². The van der Waals surface area contributed by atoms with Crippen LogP contribution in [0.15, 0.2) is 42.6 Å². The van der Waals surface area contributed by atoms with Crippen molar-refractivity contribution in [2.75, 3.05) is 0 Å². The van der Waals surface area contributed by atoms with E-state index in [4.69, 9.17) is 10.5 Å². The smallest absolute Gasteiger partial charge is 0.312 e. The molecule has 1 aliphatic carbocycles. The summed E-state index contributed by atoms with van der Waals surface area (Å²) in [6.07, 6.45) is 7.44. The van der Waals surface area contributed by atoms with Crippen LogP contribution in [0.1, 0.15) is 49.8 Å². The minimum absolute atomic E-state index is 0.225. The Labute approximate surface area is 152 Å². The molecule has 6 heteroatoms. The molecule has 26 heavy (non-hydrogen) atoms. The van der Waals surface area contributed by atoms with Gasteiger partial charge >= 0.3 is 6.03 Å². The highest BCUT2D eigenvalue weighted by atomic mass is 19.1. The van der Waals surface area contributed by atoms with E-state index in [1.54, 1.807) is 18.3 Å². The Morgan fingerprint density at radius 3 is 2.65 bits per heavy atom. The number of aromatic nitrogens is 1. The summed E-state index contributed by atoms with van der Waals surface area (Å²) < 4.78 is 19.3. The van der Waals surface area contributed by atoms with Crippen molar-refractivity contribution >= 4 is 6.03 Å². The SMILES string of the molecule is NC(=O)NC1(c2ncccc2OCc2cccc(F)c2)CCCCCC1. The van der Waals surface area contributed by atoms with Gasteiger partial charge in [-0.05, 0) is 42.7 Å². The van der Waals surface area contributed by atoms with Gasteiger partial charge in [0.2, 0.25) is 0 Å². The zero-order valence-corrected chi connectivity index (χ0v) is 14.7. The molecule has 0 atom stereocenters. The Morgan fingerprint density at radius 1 is 1.19 bits per heavy atom. The Morgan fingerprint density at radius 2 is 1.96 bits per heavy atom. The van der Waals surface area contributed by atoms with E-state index in [0.29, 0.717) is 11.4 Å². The fourth-order valence-electron chi connectivity index (χ4n) is 3.64. The highest BCUT2D eigenvalue weighted by Crippen LogP contribution is 2.39. The first-order chi connectivity index (χ1) is 12.6. The molecule has 0 bridgehead atoms. The fourth-order valence-corrected chi connectivity index (χ4v) is 3.64. The second-order valence-electron chi connectivity index (χ2n) is 6.75. The van der Waals surface area contributed by atoms with Gasteiger partial charge in [0, 0.05) is 6.20 Å². The van der Waals surface area contributed by atoms with E-state index in [0.717, 1.165) is 44.1 Å². The molecule has 2 amide bonds. The quantitative estimate of drug-likeness (QED) is 0.794. The predicted molar refractivity (Wildman–Crippen MR) is 97.1 cm³/mol. The first-order valence-corrected chi connectivity index (χ1v) is 8.99. The number of nitrogens with two attached hydrogens (primary N) is 1. The van der Waals surface area contributed by atoms with E-state index in [-0.39, 0.29) is 12.4 Å². The van der Waals surface area contributed by atoms with E-state index in [2.05, 4.69) is 10.3 Å². The fraction of sp³-hybridized carbons (Fsp3) is 0.400. The average molecular weight is 357 g/mol. The predicted octanol–water partition coefficient (Wildman–Crippen LogP) is 4.02. The van der Waals surface area contributed by atoms with Crippen LogP contribution in [0.2, 0.25) is 0 Å². The molecule has 0 spiro atoms. The maximum absolute atomic E-state index is 13.4. The minimum Gasteiger partial charge on any atom is -0.487 e. The number of rotatable bonds is 5. The summed E-state index contributed by atoms with van der Waals surface area (Å²) in [5.41, 5.74) is 6.27. The lowest BCUT2D eigenvalue weighted by molar-refractivity contribution is 0.218. The number of hydrogen-bond acceptors (Lipinski definition) is 3. The summed E-state index contributed by atoms with van der Waals surface area (Å²) in [5.74, 6) is 0.292. The number of urea groups is 1. The van der Waals surface area contributed by atoms with Gasteiger partial charge in [-0.15, -0.1) is 0 Å². The highest BCUT2D eigenvalue weighted by Gasteiger charge is 2.37. The Kier molecular flexibility index (Phi) is 5.71. The summed E-state index contributed by atoms with van der Waals surface area (Å²) in [4.78, 5) is 16.2. The van der Waals surface area contributed by atoms with Crippen LogP contribution >= 0.6 is 0 Å². The second-order valence-corrected chi connectivity index (χ2v) is 6.75. The number of primary amides is 1. The zero-order chi connectivity index (χ0) is 18.4. The van der Waals surface area contributed by atoms with Crippen molar-refractivity contribution in [1.29, 1.82) is 0 Å². The van der Waals surface area contributed by atoms with Crippen molar-refractivity contribution in [1.82, 2.24) is 10.3 Å². The topological polar surface area (TPSA) is 77.2 Å². The van der Waals surface area contributed by atoms with Crippen LogP contribution in [0, 0.1) is 5.82 Å². The third kappa shape index (κ3) is 4.31. The van der Waals surface area contributed by atoms with Crippen LogP contribution in [-0.2, 0) is 12.1 Å². The Hall–Kier alpha value is -2.63. The van der Waals surface area contributed by atoms with Crippen molar-refractivity contribution in [2.24, 2.45) is 5.73 Å². The summed E-state index contributed by atoms with van der Waals surface area (Å²) in [7, 11) is 0. The largest absolute Gasteiger partial charge is 0.487 e. The number of hydrogen-bond donors (Lipinski definition) is 2. The molecular weight excluding hydrogens is 333 g/mol. The number of carbonyl (C=O) groups is 1. The summed E-state index contributed by atoms with van der Waals surface area (Å²) in [6, 6.07) is 9.36. The molecule has 0 saturated heterocycles. The molecule has 1 heterocycles. The number of nitrogens with one attached hydrogen (secondary N) is 1. The van der Waals surface area contributed by atoms with Gasteiger partial charge in [0.25, 0.3) is 0 Å². The van der Waals surface area contributed by atoms with E-state index in [1.165, 1.54) is 12.1 Å². The third-order valence-corrected chi connectivity index (χ3v) is 4.83. The van der Waals surface area contributed by atoms with Gasteiger partial charge in [-0.2, -0.15) is 0 Å². The number of carbonyl (C=O) groups excluding carboxylic acids is 1. The molecule has 0 radical (unpaired) electrons. The maximum Gasteiger partial charge on any atom is 0.312 e. The lowest BCUT2D eigenvalue weighted by Crippen LogP contribution is -2.48. The first kappa shape index (κ1) is 18.2. The summed E-state index contributed by atoms with van der Waals surface area (Å²) in [6.45, 7) is 0.225. The molecule has 3 N–H and O–H groups in total. The highest BCUT2D eigenvalue weighted by molar-refractivity contribution is 5.73. The lowest BCUT2D eigenvalue weighted by atomic mass is 9.85. The van der Waals surface area contributed by atoms with Crippen LogP contribution in [0.3, 0.4) is 0 Å². The van der Waals surface area contributed by atoms with Crippen molar-refractivity contribution in [3.05, 3.63) is 59.7 Å². The van der Waals surface area contributed by atoms with Gasteiger partial charge in [0.05, 0.1) is 5.54 Å². The van der Waals surface area contributed by atoms with Gasteiger partial charge in [-0.25, -0.2) is 9.18 Å².